The third-order valence-corrected chi connectivity index (χ3v) is 4.27. The molecule has 0 fully saturated rings. The molecule has 0 radical (unpaired) electrons. The average Bonchev–Trinajstić information content (AvgIpc) is 2.52. The Morgan fingerprint density at radius 2 is 2.36 bits per heavy atom. The van der Waals surface area contributed by atoms with E-state index in [1.807, 2.05) is 0 Å². The maximum atomic E-state index is 6.23. The summed E-state index contributed by atoms with van der Waals surface area (Å²) in [5.41, 5.74) is 5.99. The fourth-order valence-electron chi connectivity index (χ4n) is 1.34. The second-order valence-corrected chi connectivity index (χ2v) is 5.37. The number of hydrogen-bond acceptors (Lipinski definition) is 3. The van der Waals surface area contributed by atoms with Gasteiger partial charge >= 0.3 is 0 Å². The molecule has 80 valence electrons. The number of ether oxygens (including phenoxy) is 1. The highest BCUT2D eigenvalue weighted by atomic mass is 79.9. The van der Waals surface area contributed by atoms with Crippen molar-refractivity contribution < 1.29 is 4.74 Å². The van der Waals surface area contributed by atoms with Crippen molar-refractivity contribution in [2.24, 2.45) is 5.73 Å². The molecule has 1 atom stereocenters. The van der Waals surface area contributed by atoms with E-state index in [9.17, 15) is 0 Å². The van der Waals surface area contributed by atoms with Gasteiger partial charge in [-0.2, -0.15) is 0 Å². The summed E-state index contributed by atoms with van der Waals surface area (Å²) in [6, 6.07) is 2.06. The van der Waals surface area contributed by atoms with Crippen LogP contribution in [0.2, 0.25) is 0 Å². The second-order valence-electron chi connectivity index (χ2n) is 3.52. The summed E-state index contributed by atoms with van der Waals surface area (Å²) in [5.74, 6) is 0. The Bertz CT molecular complexity index is 289. The Morgan fingerprint density at radius 1 is 1.64 bits per heavy atom. The zero-order valence-corrected chi connectivity index (χ0v) is 11.0. The minimum absolute atomic E-state index is 0.234. The maximum absolute atomic E-state index is 6.23. The van der Waals surface area contributed by atoms with Gasteiger partial charge in [-0.3, -0.25) is 0 Å². The summed E-state index contributed by atoms with van der Waals surface area (Å²) in [4.78, 5) is 1.30. The molecule has 0 bridgehead atoms. The molecule has 1 rings (SSSR count). The van der Waals surface area contributed by atoms with E-state index in [2.05, 4.69) is 34.3 Å². The molecule has 4 heteroatoms. The highest BCUT2D eigenvalue weighted by Gasteiger charge is 2.24. The molecule has 1 aromatic rings. The third kappa shape index (κ3) is 3.05. The first-order valence-corrected chi connectivity index (χ1v) is 6.28. The number of halogens is 1. The van der Waals surface area contributed by atoms with E-state index in [1.54, 1.807) is 18.4 Å². The van der Waals surface area contributed by atoms with Gasteiger partial charge in [0.15, 0.2) is 0 Å². The van der Waals surface area contributed by atoms with Gasteiger partial charge in [0.05, 0.1) is 6.61 Å². The molecule has 0 saturated heterocycles. The fourth-order valence-corrected chi connectivity index (χ4v) is 2.98. The molecule has 0 amide bonds. The van der Waals surface area contributed by atoms with Gasteiger partial charge in [0.2, 0.25) is 0 Å². The SMILES string of the molecule is CCC(N)(COC)Cc1sccc1Br. The monoisotopic (exact) mass is 277 g/mol. The molecule has 0 aliphatic heterocycles. The first-order valence-electron chi connectivity index (χ1n) is 4.61. The quantitative estimate of drug-likeness (QED) is 0.899. The lowest BCUT2D eigenvalue weighted by Crippen LogP contribution is -2.45. The van der Waals surface area contributed by atoms with Crippen LogP contribution >= 0.6 is 27.3 Å². The molecular formula is C10H16BrNOS. The Labute approximate surface area is 97.6 Å². The van der Waals surface area contributed by atoms with E-state index in [0.717, 1.165) is 17.3 Å². The smallest absolute Gasteiger partial charge is 0.0645 e. The molecule has 0 aromatic carbocycles. The van der Waals surface area contributed by atoms with Crippen molar-refractivity contribution in [2.45, 2.75) is 25.3 Å². The van der Waals surface area contributed by atoms with E-state index in [-0.39, 0.29) is 5.54 Å². The summed E-state index contributed by atoms with van der Waals surface area (Å²) < 4.78 is 6.31. The van der Waals surface area contributed by atoms with Gasteiger partial charge in [-0.1, -0.05) is 6.92 Å². The predicted octanol–water partition coefficient (Wildman–Crippen LogP) is 2.81. The number of thiophene rings is 1. The van der Waals surface area contributed by atoms with Gasteiger partial charge < -0.3 is 10.5 Å². The number of rotatable bonds is 5. The molecule has 1 unspecified atom stereocenters. The largest absolute Gasteiger partial charge is 0.383 e. The van der Waals surface area contributed by atoms with E-state index in [4.69, 9.17) is 10.5 Å². The lowest BCUT2D eigenvalue weighted by atomic mass is 9.93. The topological polar surface area (TPSA) is 35.2 Å². The predicted molar refractivity (Wildman–Crippen MR) is 64.8 cm³/mol. The van der Waals surface area contributed by atoms with Crippen LogP contribution < -0.4 is 5.73 Å². The summed E-state index contributed by atoms with van der Waals surface area (Å²) in [6.45, 7) is 2.70. The maximum Gasteiger partial charge on any atom is 0.0645 e. The molecule has 14 heavy (non-hydrogen) atoms. The van der Waals surface area contributed by atoms with Gasteiger partial charge in [-0.25, -0.2) is 0 Å². The standard InChI is InChI=1S/C10H16BrNOS/c1-3-10(12,7-13-2)6-9-8(11)4-5-14-9/h4-5H,3,6-7,12H2,1-2H3. The highest BCUT2D eigenvalue weighted by molar-refractivity contribution is 9.10. The molecule has 0 aliphatic rings. The van der Waals surface area contributed by atoms with Crippen LogP contribution in [-0.4, -0.2) is 19.3 Å². The zero-order valence-electron chi connectivity index (χ0n) is 8.55. The van der Waals surface area contributed by atoms with Crippen LogP contribution in [0.3, 0.4) is 0 Å². The van der Waals surface area contributed by atoms with Gasteiger partial charge in [-0.05, 0) is 33.8 Å². The third-order valence-electron chi connectivity index (χ3n) is 2.34. The zero-order chi connectivity index (χ0) is 10.6. The summed E-state index contributed by atoms with van der Waals surface area (Å²) in [5, 5.41) is 2.07. The van der Waals surface area contributed by atoms with E-state index >= 15 is 0 Å². The second kappa shape index (κ2) is 5.26. The van der Waals surface area contributed by atoms with Crippen LogP contribution in [0.25, 0.3) is 0 Å². The lowest BCUT2D eigenvalue weighted by Gasteiger charge is -2.26. The van der Waals surface area contributed by atoms with E-state index in [1.165, 1.54) is 4.88 Å². The van der Waals surface area contributed by atoms with Crippen LogP contribution in [0.5, 0.6) is 0 Å². The average molecular weight is 278 g/mol. The highest BCUT2D eigenvalue weighted by Crippen LogP contribution is 2.27. The Balaban J connectivity index is 2.69. The molecular weight excluding hydrogens is 262 g/mol. The molecule has 0 spiro atoms. The fraction of sp³-hybridized carbons (Fsp3) is 0.600. The molecule has 1 heterocycles. The van der Waals surface area contributed by atoms with E-state index < -0.39 is 0 Å². The van der Waals surface area contributed by atoms with Crippen LogP contribution in [0.4, 0.5) is 0 Å². The van der Waals surface area contributed by atoms with Crippen LogP contribution in [0.15, 0.2) is 15.9 Å². The summed E-state index contributed by atoms with van der Waals surface area (Å²) in [7, 11) is 1.70. The van der Waals surface area contributed by atoms with Crippen molar-refractivity contribution in [3.8, 4) is 0 Å². The van der Waals surface area contributed by atoms with Crippen molar-refractivity contribution in [1.29, 1.82) is 0 Å². The first kappa shape index (κ1) is 12.2. The molecule has 2 N–H and O–H groups in total. The van der Waals surface area contributed by atoms with Gasteiger partial charge in [-0.15, -0.1) is 11.3 Å². The number of methoxy groups -OCH3 is 1. The van der Waals surface area contributed by atoms with Gasteiger partial charge in [0.25, 0.3) is 0 Å². The van der Waals surface area contributed by atoms with Crippen molar-refractivity contribution in [1.82, 2.24) is 0 Å². The van der Waals surface area contributed by atoms with Crippen molar-refractivity contribution in [3.63, 3.8) is 0 Å². The van der Waals surface area contributed by atoms with Crippen LogP contribution in [0.1, 0.15) is 18.2 Å². The Hall–Kier alpha value is 0.100. The summed E-state index contributed by atoms with van der Waals surface area (Å²) >= 11 is 5.25. The van der Waals surface area contributed by atoms with E-state index in [0.29, 0.717) is 6.61 Å². The van der Waals surface area contributed by atoms with Crippen LogP contribution in [-0.2, 0) is 11.2 Å². The Kier molecular flexibility index (Phi) is 4.57. The normalized spacial score (nSPS) is 15.4. The molecule has 0 saturated carbocycles. The van der Waals surface area contributed by atoms with Crippen molar-refractivity contribution in [2.75, 3.05) is 13.7 Å². The lowest BCUT2D eigenvalue weighted by molar-refractivity contribution is 0.129. The first-order chi connectivity index (χ1) is 6.61. The van der Waals surface area contributed by atoms with Gasteiger partial charge in [0.1, 0.15) is 0 Å². The van der Waals surface area contributed by atoms with Crippen molar-refractivity contribution >= 4 is 27.3 Å². The van der Waals surface area contributed by atoms with Gasteiger partial charge in [0, 0.05) is 28.4 Å². The molecule has 2 nitrogen and oxygen atoms in total. The molecule has 0 aliphatic carbocycles. The summed E-state index contributed by atoms with van der Waals surface area (Å²) in [6.07, 6.45) is 1.79. The molecule has 1 aromatic heterocycles. The minimum Gasteiger partial charge on any atom is -0.383 e. The van der Waals surface area contributed by atoms with Crippen molar-refractivity contribution in [3.05, 3.63) is 20.8 Å². The Morgan fingerprint density at radius 3 is 2.79 bits per heavy atom. The number of nitrogens with two attached hydrogens (primary N) is 1. The van der Waals surface area contributed by atoms with Crippen LogP contribution in [0, 0.1) is 0 Å². The number of hydrogen-bond donors (Lipinski definition) is 1. The minimum atomic E-state index is -0.234.